The molecule has 1 atom stereocenters. The summed E-state index contributed by atoms with van der Waals surface area (Å²) in [5, 5.41) is 10.8. The van der Waals surface area contributed by atoms with Gasteiger partial charge in [0.2, 0.25) is 5.88 Å². The quantitative estimate of drug-likeness (QED) is 0.759. The fourth-order valence-electron chi connectivity index (χ4n) is 3.14. The minimum absolute atomic E-state index is 0.118. The molecule has 0 spiro atoms. The van der Waals surface area contributed by atoms with Crippen molar-refractivity contribution in [1.82, 2.24) is 4.98 Å². The molecule has 0 radical (unpaired) electrons. The number of hydrogen-bond donors (Lipinski definition) is 1. The van der Waals surface area contributed by atoms with E-state index < -0.39 is 0 Å². The number of benzene rings is 1. The number of hydrogen-bond acceptors (Lipinski definition) is 4. The molecular weight excluding hydrogens is 350 g/mol. The highest BCUT2D eigenvalue weighted by atomic mass is 35.5. The number of halogens is 1. The largest absolute Gasteiger partial charge is 0.508 e. The zero-order chi connectivity index (χ0) is 18.4. The molecule has 1 aromatic carbocycles. The molecule has 1 N–H and O–H groups in total. The highest BCUT2D eigenvalue weighted by Gasteiger charge is 2.15. The first-order valence-corrected chi connectivity index (χ1v) is 9.73. The summed E-state index contributed by atoms with van der Waals surface area (Å²) < 4.78 is 11.4. The number of aromatic hydroxyl groups is 1. The Morgan fingerprint density at radius 1 is 1.23 bits per heavy atom. The van der Waals surface area contributed by atoms with Gasteiger partial charge in [-0.15, -0.1) is 0 Å². The molecule has 26 heavy (non-hydrogen) atoms. The number of ether oxygens (including phenoxy) is 2. The smallest absolute Gasteiger partial charge is 0.217 e. The highest BCUT2D eigenvalue weighted by Crippen LogP contribution is 2.23. The van der Waals surface area contributed by atoms with Crippen LogP contribution in [0.1, 0.15) is 43.0 Å². The molecule has 4 nitrogen and oxygen atoms in total. The minimum Gasteiger partial charge on any atom is -0.508 e. The molecule has 0 aliphatic carbocycles. The van der Waals surface area contributed by atoms with Crippen molar-refractivity contribution < 1.29 is 14.6 Å². The topological polar surface area (TPSA) is 51.6 Å². The Labute approximate surface area is 160 Å². The third kappa shape index (κ3) is 5.36. The van der Waals surface area contributed by atoms with Gasteiger partial charge in [0.1, 0.15) is 12.4 Å². The van der Waals surface area contributed by atoms with Gasteiger partial charge in [0.05, 0.1) is 6.10 Å². The molecule has 1 aliphatic heterocycles. The summed E-state index contributed by atoms with van der Waals surface area (Å²) in [6.07, 6.45) is 5.85. The lowest BCUT2D eigenvalue weighted by molar-refractivity contribution is -0.0120. The van der Waals surface area contributed by atoms with Crippen molar-refractivity contribution in [2.24, 2.45) is 0 Å². The van der Waals surface area contributed by atoms with Crippen LogP contribution in [0.5, 0.6) is 11.6 Å². The van der Waals surface area contributed by atoms with Crippen LogP contribution in [0.25, 0.3) is 0 Å². The second-order valence-corrected chi connectivity index (χ2v) is 7.14. The molecule has 1 aliphatic rings. The van der Waals surface area contributed by atoms with Crippen molar-refractivity contribution in [2.75, 3.05) is 13.2 Å². The van der Waals surface area contributed by atoms with Gasteiger partial charge in [-0.1, -0.05) is 30.7 Å². The van der Waals surface area contributed by atoms with Crippen LogP contribution >= 0.6 is 11.6 Å². The SMILES string of the molecule is CCc1ccc(CCc2cc(O)cc(OCC3CCCCO3)n2)c(Cl)c1. The first-order chi connectivity index (χ1) is 12.6. The monoisotopic (exact) mass is 375 g/mol. The van der Waals surface area contributed by atoms with Crippen molar-refractivity contribution in [1.29, 1.82) is 0 Å². The molecule has 0 saturated carbocycles. The molecule has 1 aromatic heterocycles. The molecular formula is C21H26ClNO3. The number of aromatic nitrogens is 1. The van der Waals surface area contributed by atoms with E-state index >= 15 is 0 Å². The Hall–Kier alpha value is -1.78. The van der Waals surface area contributed by atoms with Crippen molar-refractivity contribution in [3.8, 4) is 11.6 Å². The summed E-state index contributed by atoms with van der Waals surface area (Å²) >= 11 is 6.36. The molecule has 0 amide bonds. The summed E-state index contributed by atoms with van der Waals surface area (Å²) in [6, 6.07) is 9.43. The highest BCUT2D eigenvalue weighted by molar-refractivity contribution is 6.31. The van der Waals surface area contributed by atoms with E-state index in [1.165, 1.54) is 12.0 Å². The second kappa shape index (κ2) is 9.24. The van der Waals surface area contributed by atoms with Crippen LogP contribution in [0.4, 0.5) is 0 Å². The van der Waals surface area contributed by atoms with Crippen LogP contribution in [0.3, 0.4) is 0 Å². The van der Waals surface area contributed by atoms with E-state index in [1.54, 1.807) is 12.1 Å². The molecule has 1 saturated heterocycles. The van der Waals surface area contributed by atoms with E-state index in [1.807, 2.05) is 6.07 Å². The van der Waals surface area contributed by atoms with E-state index in [0.717, 1.165) is 48.6 Å². The van der Waals surface area contributed by atoms with E-state index in [2.05, 4.69) is 24.0 Å². The maximum atomic E-state index is 9.97. The predicted octanol–water partition coefficient (Wildman–Crippen LogP) is 4.74. The molecule has 3 rings (SSSR count). The Bertz CT molecular complexity index is 729. The summed E-state index contributed by atoms with van der Waals surface area (Å²) in [7, 11) is 0. The van der Waals surface area contributed by atoms with Crippen molar-refractivity contribution >= 4 is 11.6 Å². The van der Waals surface area contributed by atoms with Crippen molar-refractivity contribution in [3.63, 3.8) is 0 Å². The number of pyridine rings is 1. The predicted molar refractivity (Wildman–Crippen MR) is 103 cm³/mol. The zero-order valence-corrected chi connectivity index (χ0v) is 16.0. The van der Waals surface area contributed by atoms with Crippen molar-refractivity contribution in [3.05, 3.63) is 52.2 Å². The van der Waals surface area contributed by atoms with E-state index in [-0.39, 0.29) is 11.9 Å². The van der Waals surface area contributed by atoms with Gasteiger partial charge < -0.3 is 14.6 Å². The molecule has 1 unspecified atom stereocenters. The van der Waals surface area contributed by atoms with Crippen molar-refractivity contribution in [2.45, 2.75) is 51.6 Å². The average Bonchev–Trinajstić information content (AvgIpc) is 2.66. The van der Waals surface area contributed by atoms with Gasteiger partial charge in [-0.2, -0.15) is 0 Å². The van der Waals surface area contributed by atoms with Gasteiger partial charge in [0.15, 0.2) is 0 Å². The summed E-state index contributed by atoms with van der Waals surface area (Å²) in [6.45, 7) is 3.38. The van der Waals surface area contributed by atoms with Crippen LogP contribution in [-0.4, -0.2) is 29.4 Å². The summed E-state index contributed by atoms with van der Waals surface area (Å²) in [5.74, 6) is 0.614. The third-order valence-electron chi connectivity index (χ3n) is 4.71. The van der Waals surface area contributed by atoms with Crippen LogP contribution in [-0.2, 0) is 24.0 Å². The van der Waals surface area contributed by atoms with E-state index in [0.29, 0.717) is 18.9 Å². The van der Waals surface area contributed by atoms with Crippen LogP contribution in [0, 0.1) is 0 Å². The van der Waals surface area contributed by atoms with Gasteiger partial charge in [0, 0.05) is 29.5 Å². The standard InChI is InChI=1S/C21H26ClNO3/c1-2-15-6-7-16(20(22)11-15)8-9-17-12-18(24)13-21(23-17)26-14-19-5-3-4-10-25-19/h6-7,11-13,19H,2-5,8-10,14H2,1H3,(H,23,24). The molecule has 2 heterocycles. The van der Waals surface area contributed by atoms with Gasteiger partial charge >= 0.3 is 0 Å². The lowest BCUT2D eigenvalue weighted by Crippen LogP contribution is -2.26. The van der Waals surface area contributed by atoms with Gasteiger partial charge in [-0.3, -0.25) is 0 Å². The number of rotatable bonds is 7. The third-order valence-corrected chi connectivity index (χ3v) is 5.06. The van der Waals surface area contributed by atoms with Gasteiger partial charge in [-0.05, 0) is 55.7 Å². The first-order valence-electron chi connectivity index (χ1n) is 9.35. The second-order valence-electron chi connectivity index (χ2n) is 6.73. The minimum atomic E-state index is 0.118. The Balaban J connectivity index is 1.60. The fourth-order valence-corrected chi connectivity index (χ4v) is 3.44. The van der Waals surface area contributed by atoms with E-state index in [4.69, 9.17) is 21.1 Å². The zero-order valence-electron chi connectivity index (χ0n) is 15.2. The van der Waals surface area contributed by atoms with Crippen LogP contribution in [0.2, 0.25) is 5.02 Å². The number of aryl methyl sites for hydroxylation is 3. The van der Waals surface area contributed by atoms with Crippen LogP contribution < -0.4 is 4.74 Å². The molecule has 2 aromatic rings. The summed E-state index contributed by atoms with van der Waals surface area (Å²) in [5.41, 5.74) is 3.11. The average molecular weight is 376 g/mol. The molecule has 5 heteroatoms. The normalized spacial score (nSPS) is 17.2. The maximum absolute atomic E-state index is 9.97. The number of nitrogens with zero attached hydrogens (tertiary/aromatic N) is 1. The van der Waals surface area contributed by atoms with Gasteiger partial charge in [-0.25, -0.2) is 4.98 Å². The first kappa shape index (κ1) is 19.0. The lowest BCUT2D eigenvalue weighted by atomic mass is 10.0. The molecule has 140 valence electrons. The summed E-state index contributed by atoms with van der Waals surface area (Å²) in [4.78, 5) is 4.52. The van der Waals surface area contributed by atoms with Crippen LogP contribution in [0.15, 0.2) is 30.3 Å². The van der Waals surface area contributed by atoms with Gasteiger partial charge in [0.25, 0.3) is 0 Å². The maximum Gasteiger partial charge on any atom is 0.217 e. The molecule has 1 fully saturated rings. The molecule has 0 bridgehead atoms. The fraction of sp³-hybridized carbons (Fsp3) is 0.476. The Morgan fingerprint density at radius 2 is 2.12 bits per heavy atom. The van der Waals surface area contributed by atoms with E-state index in [9.17, 15) is 5.11 Å². The lowest BCUT2D eigenvalue weighted by Gasteiger charge is -2.22. The Kier molecular flexibility index (Phi) is 6.75. The Morgan fingerprint density at radius 3 is 2.85 bits per heavy atom.